The first kappa shape index (κ1) is 16.0. The van der Waals surface area contributed by atoms with Crippen molar-refractivity contribution >= 4 is 24.2 Å². The summed E-state index contributed by atoms with van der Waals surface area (Å²) in [5.74, 6) is -1.18. The van der Waals surface area contributed by atoms with Crippen molar-refractivity contribution in [2.75, 3.05) is 6.54 Å². The Morgan fingerprint density at radius 2 is 2.03 bits per heavy atom. The highest BCUT2D eigenvalue weighted by Crippen LogP contribution is 2.16. The molecule has 158 valence electrons. The number of benzene rings is 1. The second-order valence-electron chi connectivity index (χ2n) is 7.27. The van der Waals surface area contributed by atoms with Gasteiger partial charge in [-0.05, 0) is 30.7 Å². The maximum Gasteiger partial charge on any atom is 0.408 e. The zero-order valence-corrected chi connectivity index (χ0v) is 16.5. The predicted octanol–water partition coefficient (Wildman–Crippen LogP) is 1.54. The van der Waals surface area contributed by atoms with Crippen molar-refractivity contribution in [3.8, 4) is 0 Å². The Bertz CT molecular complexity index is 930. The molecule has 0 aromatic heterocycles. The topological polar surface area (TPSA) is 114 Å². The molecule has 0 aliphatic carbocycles. The van der Waals surface area contributed by atoms with E-state index in [0.717, 1.165) is 0 Å². The summed E-state index contributed by atoms with van der Waals surface area (Å²) in [6, 6.07) is -4.58. The first-order chi connectivity index (χ1) is 16.0. The first-order valence-electron chi connectivity index (χ1n) is 12.0. The Labute approximate surface area is 177 Å². The number of alkyl carbamates (subject to hydrolysis) is 1. The Morgan fingerprint density at radius 3 is 2.62 bits per heavy atom. The maximum absolute atomic E-state index is 12.8. The van der Waals surface area contributed by atoms with Crippen LogP contribution in [0.15, 0.2) is 30.2 Å². The van der Waals surface area contributed by atoms with Crippen LogP contribution in [0.25, 0.3) is 0 Å². The van der Waals surface area contributed by atoms with E-state index in [-0.39, 0.29) is 36.1 Å². The lowest BCUT2D eigenvalue weighted by molar-refractivity contribution is -0.127. The van der Waals surface area contributed by atoms with Gasteiger partial charge in [0, 0.05) is 12.5 Å². The van der Waals surface area contributed by atoms with Gasteiger partial charge in [0.1, 0.15) is 18.9 Å². The summed E-state index contributed by atoms with van der Waals surface area (Å²) >= 11 is 0. The first-order valence-corrected chi connectivity index (χ1v) is 9.48. The average molecular weight is 409 g/mol. The SMILES string of the molecule is [2H]c1c([2H])c([2H])c(COC(=O)N[C@@H](CC(C)C)C(=O)N[C@H](C=O)C[C@@H]2CCNC2=O)c([2H])c1[2H]. The largest absolute Gasteiger partial charge is 0.445 e. The van der Waals surface area contributed by atoms with Gasteiger partial charge in [0.25, 0.3) is 0 Å². The number of nitrogens with one attached hydrogen (secondary N) is 3. The van der Waals surface area contributed by atoms with Crippen molar-refractivity contribution in [3.63, 3.8) is 0 Å². The molecule has 1 aliphatic rings. The van der Waals surface area contributed by atoms with Crippen LogP contribution in [0.4, 0.5) is 4.79 Å². The summed E-state index contributed by atoms with van der Waals surface area (Å²) in [6.07, 6.45) is 0.467. The molecule has 0 radical (unpaired) electrons. The maximum atomic E-state index is 12.8. The molecule has 8 nitrogen and oxygen atoms in total. The fraction of sp³-hybridized carbons (Fsp3) is 0.524. The highest BCUT2D eigenvalue weighted by Gasteiger charge is 2.30. The molecular formula is C21H29N3O5. The number of aldehydes is 1. The lowest BCUT2D eigenvalue weighted by atomic mass is 9.98. The van der Waals surface area contributed by atoms with Crippen LogP contribution < -0.4 is 16.0 Å². The van der Waals surface area contributed by atoms with Gasteiger partial charge in [-0.2, -0.15) is 0 Å². The van der Waals surface area contributed by atoms with Gasteiger partial charge in [-0.3, -0.25) is 9.59 Å². The molecule has 0 spiro atoms. The molecule has 8 heteroatoms. The van der Waals surface area contributed by atoms with Crippen LogP contribution in [0.2, 0.25) is 0 Å². The monoisotopic (exact) mass is 408 g/mol. The second-order valence-corrected chi connectivity index (χ2v) is 7.27. The molecule has 0 saturated carbocycles. The number of carbonyl (C=O) groups is 4. The number of hydrogen-bond donors (Lipinski definition) is 3. The molecule has 1 fully saturated rings. The minimum atomic E-state index is -1.05. The lowest BCUT2D eigenvalue weighted by Crippen LogP contribution is -2.51. The molecule has 3 N–H and O–H groups in total. The number of rotatable bonds is 10. The Kier molecular flexibility index (Phi) is 6.16. The van der Waals surface area contributed by atoms with Gasteiger partial charge >= 0.3 is 6.09 Å². The molecule has 1 saturated heterocycles. The van der Waals surface area contributed by atoms with E-state index in [4.69, 9.17) is 11.6 Å². The normalized spacial score (nSPS) is 20.3. The molecule has 1 aliphatic heterocycles. The van der Waals surface area contributed by atoms with Gasteiger partial charge in [0.05, 0.1) is 12.9 Å². The summed E-state index contributed by atoms with van der Waals surface area (Å²) in [7, 11) is 0. The van der Waals surface area contributed by atoms with Gasteiger partial charge in [0.2, 0.25) is 11.8 Å². The van der Waals surface area contributed by atoms with Crippen molar-refractivity contribution in [2.45, 2.75) is 51.8 Å². The van der Waals surface area contributed by atoms with E-state index < -0.39 is 60.9 Å². The van der Waals surface area contributed by atoms with Crippen molar-refractivity contribution in [3.05, 3.63) is 35.8 Å². The Hall–Kier alpha value is -2.90. The van der Waals surface area contributed by atoms with Crippen LogP contribution in [-0.4, -0.2) is 42.8 Å². The molecule has 1 aromatic carbocycles. The zero-order valence-electron chi connectivity index (χ0n) is 21.5. The van der Waals surface area contributed by atoms with Crippen LogP contribution in [0.5, 0.6) is 0 Å². The molecular weight excluding hydrogens is 374 g/mol. The zero-order chi connectivity index (χ0) is 25.6. The van der Waals surface area contributed by atoms with Crippen molar-refractivity contribution < 1.29 is 30.8 Å². The van der Waals surface area contributed by atoms with Gasteiger partial charge in [-0.25, -0.2) is 4.79 Å². The van der Waals surface area contributed by atoms with E-state index in [1.54, 1.807) is 0 Å². The highest BCUT2D eigenvalue weighted by molar-refractivity contribution is 5.88. The summed E-state index contributed by atoms with van der Waals surface area (Å²) in [5, 5.41) is 7.63. The van der Waals surface area contributed by atoms with E-state index in [1.165, 1.54) is 0 Å². The molecule has 1 aromatic rings. The Morgan fingerprint density at radius 1 is 1.31 bits per heavy atom. The van der Waals surface area contributed by atoms with Gasteiger partial charge in [-0.15, -0.1) is 0 Å². The third kappa shape index (κ3) is 7.56. The molecule has 3 atom stereocenters. The van der Waals surface area contributed by atoms with Crippen LogP contribution in [0, 0.1) is 11.8 Å². The molecule has 0 bridgehead atoms. The van der Waals surface area contributed by atoms with Gasteiger partial charge in [-0.1, -0.05) is 44.1 Å². The third-order valence-corrected chi connectivity index (χ3v) is 4.41. The van der Waals surface area contributed by atoms with Gasteiger partial charge in [0.15, 0.2) is 0 Å². The van der Waals surface area contributed by atoms with E-state index in [2.05, 4.69) is 16.0 Å². The summed E-state index contributed by atoms with van der Waals surface area (Å²) in [4.78, 5) is 48.4. The fourth-order valence-corrected chi connectivity index (χ4v) is 2.98. The van der Waals surface area contributed by atoms with Crippen molar-refractivity contribution in [1.29, 1.82) is 0 Å². The van der Waals surface area contributed by atoms with Crippen LogP contribution in [0.3, 0.4) is 0 Å². The van der Waals surface area contributed by atoms with Crippen molar-refractivity contribution in [1.82, 2.24) is 16.0 Å². The fourth-order valence-electron chi connectivity index (χ4n) is 2.98. The third-order valence-electron chi connectivity index (χ3n) is 4.41. The predicted molar refractivity (Wildman–Crippen MR) is 107 cm³/mol. The van der Waals surface area contributed by atoms with Crippen molar-refractivity contribution in [2.24, 2.45) is 11.8 Å². The quantitative estimate of drug-likeness (QED) is 0.508. The Balaban J connectivity index is 2.03. The van der Waals surface area contributed by atoms with Gasteiger partial charge < -0.3 is 25.5 Å². The standard InChI is InChI=1S/C21H29N3O5/c1-14(2)10-18(24-21(28)29-13-15-6-4-3-5-7-15)20(27)23-17(12-25)11-16-8-9-22-19(16)26/h3-7,12,14,16-18H,8-11,13H2,1-2H3,(H,22,26)(H,23,27)(H,24,28)/t16-,17-,18-/m0/s1/i3D,4D,5D,6D,7D. The molecule has 0 unspecified atom stereocenters. The minimum Gasteiger partial charge on any atom is -0.445 e. The lowest BCUT2D eigenvalue weighted by Gasteiger charge is -2.23. The van der Waals surface area contributed by atoms with Crippen LogP contribution in [-0.2, 0) is 25.7 Å². The number of carbonyl (C=O) groups excluding carboxylic acids is 4. The smallest absolute Gasteiger partial charge is 0.408 e. The second kappa shape index (κ2) is 11.2. The van der Waals surface area contributed by atoms with E-state index in [0.29, 0.717) is 19.3 Å². The average Bonchev–Trinajstić information content (AvgIpc) is 3.19. The highest BCUT2D eigenvalue weighted by atomic mass is 16.5. The van der Waals surface area contributed by atoms with E-state index >= 15 is 0 Å². The molecule has 3 amide bonds. The number of amides is 3. The number of ether oxygens (including phenoxy) is 1. The van der Waals surface area contributed by atoms with Crippen LogP contribution >= 0.6 is 0 Å². The molecule has 29 heavy (non-hydrogen) atoms. The summed E-state index contributed by atoms with van der Waals surface area (Å²) < 4.78 is 43.7. The van der Waals surface area contributed by atoms with Crippen LogP contribution in [0.1, 0.15) is 45.5 Å². The summed E-state index contributed by atoms with van der Waals surface area (Å²) in [5.41, 5.74) is -0.193. The molecule has 1 heterocycles. The van der Waals surface area contributed by atoms with E-state index in [9.17, 15) is 19.2 Å². The summed E-state index contributed by atoms with van der Waals surface area (Å²) in [6.45, 7) is 3.59. The molecule has 2 rings (SSSR count). The number of hydrogen-bond acceptors (Lipinski definition) is 5. The van der Waals surface area contributed by atoms with E-state index in [1.807, 2.05) is 13.8 Å². The minimum absolute atomic E-state index is 0.00706.